The fourth-order valence-corrected chi connectivity index (χ4v) is 3.27. The van der Waals surface area contributed by atoms with Gasteiger partial charge >= 0.3 is 5.97 Å². The van der Waals surface area contributed by atoms with Crippen LogP contribution in [0.15, 0.2) is 36.5 Å². The van der Waals surface area contributed by atoms with Crippen LogP contribution in [0, 0.1) is 0 Å². The average molecular weight is 578 g/mol. The lowest BCUT2D eigenvalue weighted by Gasteiger charge is -2.23. The number of unbranched alkanes of at least 4 members (excludes halogenated alkanes) is 5. The van der Waals surface area contributed by atoms with Gasteiger partial charge in [0.1, 0.15) is 13.2 Å². The lowest BCUT2D eigenvalue weighted by Crippen LogP contribution is -2.37. The number of rotatable bonds is 24. The molecule has 230 valence electrons. The topological polar surface area (TPSA) is 111 Å². The summed E-state index contributed by atoms with van der Waals surface area (Å²) in [5.41, 5.74) is 0. The molecule has 0 spiro atoms. The number of quaternary nitrogens is 1. The van der Waals surface area contributed by atoms with Gasteiger partial charge in [0.05, 0.1) is 54.2 Å². The van der Waals surface area contributed by atoms with Crippen molar-refractivity contribution in [3.63, 3.8) is 0 Å². The zero-order valence-corrected chi connectivity index (χ0v) is 25.9. The van der Waals surface area contributed by atoms with E-state index in [-0.39, 0.29) is 12.6 Å². The Morgan fingerprint density at radius 1 is 0.744 bits per heavy atom. The van der Waals surface area contributed by atoms with Crippen molar-refractivity contribution in [2.24, 2.45) is 0 Å². The van der Waals surface area contributed by atoms with Crippen LogP contribution in [0.5, 0.6) is 0 Å². The molecule has 0 atom stereocenters. The number of esters is 1. The minimum Gasteiger partial charge on any atom is -0.726 e. The van der Waals surface area contributed by atoms with Crippen molar-refractivity contribution in [1.82, 2.24) is 0 Å². The molecule has 0 bridgehead atoms. The second kappa shape index (κ2) is 28.0. The maximum Gasteiger partial charge on any atom is 0.305 e. The van der Waals surface area contributed by atoms with Crippen molar-refractivity contribution >= 4 is 16.4 Å². The summed E-state index contributed by atoms with van der Waals surface area (Å²) in [6.07, 6.45) is 23.8. The Bertz CT molecular complexity index is 743. The van der Waals surface area contributed by atoms with Crippen LogP contribution >= 0.6 is 0 Å². The maximum absolute atomic E-state index is 11.7. The van der Waals surface area contributed by atoms with Gasteiger partial charge in [-0.3, -0.25) is 8.98 Å². The van der Waals surface area contributed by atoms with Gasteiger partial charge in [0.15, 0.2) is 0 Å². The van der Waals surface area contributed by atoms with E-state index in [1.807, 2.05) is 0 Å². The van der Waals surface area contributed by atoms with Gasteiger partial charge in [-0.25, -0.2) is 8.42 Å². The average Bonchev–Trinajstić information content (AvgIpc) is 2.84. The molecular formula is C29H55NO8S. The lowest BCUT2D eigenvalue weighted by atomic mass is 10.1. The van der Waals surface area contributed by atoms with Gasteiger partial charge in [0.25, 0.3) is 0 Å². The smallest absolute Gasteiger partial charge is 0.305 e. The number of hydrogen-bond donors (Lipinski definition) is 0. The first-order chi connectivity index (χ1) is 18.5. The summed E-state index contributed by atoms with van der Waals surface area (Å²) >= 11 is 0. The highest BCUT2D eigenvalue weighted by molar-refractivity contribution is 7.80. The van der Waals surface area contributed by atoms with Gasteiger partial charge in [0, 0.05) is 6.42 Å². The van der Waals surface area contributed by atoms with E-state index in [4.69, 9.17) is 14.2 Å². The molecule has 0 radical (unpaired) electrons. The molecule has 0 aromatic rings. The quantitative estimate of drug-likeness (QED) is 0.0377. The molecule has 0 fully saturated rings. The van der Waals surface area contributed by atoms with Crippen LogP contribution in [0.1, 0.15) is 78.1 Å². The van der Waals surface area contributed by atoms with Crippen LogP contribution in [0.25, 0.3) is 0 Å². The van der Waals surface area contributed by atoms with Crippen LogP contribution < -0.4 is 0 Å². The van der Waals surface area contributed by atoms with Gasteiger partial charge in [-0.15, -0.1) is 0 Å². The van der Waals surface area contributed by atoms with Gasteiger partial charge < -0.3 is 23.2 Å². The summed E-state index contributed by atoms with van der Waals surface area (Å²) in [7, 11) is 2.00. The Morgan fingerprint density at radius 2 is 1.28 bits per heavy atom. The Labute approximate surface area is 238 Å². The zero-order valence-electron chi connectivity index (χ0n) is 25.1. The van der Waals surface area contributed by atoms with Gasteiger partial charge in [0.2, 0.25) is 10.4 Å². The first-order valence-corrected chi connectivity index (χ1v) is 15.5. The summed E-state index contributed by atoms with van der Waals surface area (Å²) in [4.78, 5) is 11.7. The summed E-state index contributed by atoms with van der Waals surface area (Å²) < 4.78 is 49.1. The number of likely N-dealkylation sites (N-methyl/N-ethyl adjacent to an activating group) is 1. The van der Waals surface area contributed by atoms with Crippen LogP contribution in [-0.2, 0) is 33.6 Å². The SMILES string of the molecule is CC/C=C\C/C=C\C/C=C\CCCCCCCC(=O)OCCOCCOCC[N+](C)(C)C.CCOS(=O)(=O)[O-]. The second-order valence-electron chi connectivity index (χ2n) is 9.87. The summed E-state index contributed by atoms with van der Waals surface area (Å²) in [6, 6.07) is 0. The maximum atomic E-state index is 11.7. The predicted molar refractivity (Wildman–Crippen MR) is 156 cm³/mol. The van der Waals surface area contributed by atoms with E-state index >= 15 is 0 Å². The Hall–Kier alpha value is -1.56. The molecule has 0 rings (SSSR count). The van der Waals surface area contributed by atoms with Crippen LogP contribution in [-0.4, -0.2) is 90.8 Å². The van der Waals surface area contributed by atoms with Crippen molar-refractivity contribution in [2.45, 2.75) is 78.1 Å². The number of carbonyl (C=O) groups excluding carboxylic acids is 1. The van der Waals surface area contributed by atoms with Crippen molar-refractivity contribution in [2.75, 3.05) is 67.3 Å². The molecule has 0 amide bonds. The van der Waals surface area contributed by atoms with Crippen LogP contribution in [0.2, 0.25) is 0 Å². The molecular weight excluding hydrogens is 522 g/mol. The molecule has 0 aliphatic heterocycles. The monoisotopic (exact) mass is 577 g/mol. The highest BCUT2D eigenvalue weighted by atomic mass is 32.3. The molecule has 0 N–H and O–H groups in total. The number of carbonyl (C=O) groups is 1. The first-order valence-electron chi connectivity index (χ1n) is 14.2. The lowest BCUT2D eigenvalue weighted by molar-refractivity contribution is -0.870. The van der Waals surface area contributed by atoms with E-state index in [0.717, 1.165) is 56.2 Å². The second-order valence-corrected chi connectivity index (χ2v) is 10.9. The van der Waals surface area contributed by atoms with Crippen molar-refractivity contribution in [3.05, 3.63) is 36.5 Å². The van der Waals surface area contributed by atoms with E-state index in [2.05, 4.69) is 68.7 Å². The van der Waals surface area contributed by atoms with E-state index < -0.39 is 10.4 Å². The molecule has 39 heavy (non-hydrogen) atoms. The molecule has 0 heterocycles. The molecule has 0 aromatic heterocycles. The third kappa shape index (κ3) is 41.1. The van der Waals surface area contributed by atoms with Crippen LogP contribution in [0.4, 0.5) is 0 Å². The van der Waals surface area contributed by atoms with Crippen LogP contribution in [0.3, 0.4) is 0 Å². The van der Waals surface area contributed by atoms with Gasteiger partial charge in [-0.2, -0.15) is 0 Å². The normalized spacial score (nSPS) is 12.4. The van der Waals surface area contributed by atoms with E-state index in [1.165, 1.54) is 26.2 Å². The molecule has 0 aromatic carbocycles. The predicted octanol–water partition coefficient (Wildman–Crippen LogP) is 5.34. The first kappa shape index (κ1) is 39.6. The highest BCUT2D eigenvalue weighted by Gasteiger charge is 2.05. The molecule has 0 saturated heterocycles. The molecule has 0 unspecified atom stereocenters. The van der Waals surface area contributed by atoms with Crippen molar-refractivity contribution in [1.29, 1.82) is 0 Å². The molecule has 0 aliphatic rings. The van der Waals surface area contributed by atoms with E-state index in [0.29, 0.717) is 32.8 Å². The van der Waals surface area contributed by atoms with Crippen molar-refractivity contribution < 1.29 is 40.6 Å². The van der Waals surface area contributed by atoms with E-state index in [9.17, 15) is 17.8 Å². The highest BCUT2D eigenvalue weighted by Crippen LogP contribution is 2.08. The van der Waals surface area contributed by atoms with E-state index in [1.54, 1.807) is 0 Å². The Morgan fingerprint density at radius 3 is 1.85 bits per heavy atom. The molecule has 9 nitrogen and oxygen atoms in total. The largest absolute Gasteiger partial charge is 0.726 e. The minimum atomic E-state index is -4.42. The Balaban J connectivity index is 0. The number of ether oxygens (including phenoxy) is 3. The molecule has 0 aliphatic carbocycles. The third-order valence-corrected chi connectivity index (χ3v) is 5.59. The van der Waals surface area contributed by atoms with Crippen molar-refractivity contribution in [3.8, 4) is 0 Å². The summed E-state index contributed by atoms with van der Waals surface area (Å²) in [5, 5.41) is 0. The fourth-order valence-electron chi connectivity index (χ4n) is 2.98. The Kier molecular flexibility index (Phi) is 28.4. The standard InChI is InChI=1S/C27H50NO4.C2H6O4S/c1-5-6-7-8-9-10-11-12-13-14-15-16-17-18-19-20-27(29)32-26-25-31-24-23-30-22-21-28(2,3)4;1-2-6-7(3,4)5/h6-7,9-10,12-13H,5,8,11,14-26H2,1-4H3;2H2,1H3,(H,3,4,5)/q+1;/p-1/b7-6-,10-9-,13-12-;. The van der Waals surface area contributed by atoms with Gasteiger partial charge in [-0.05, 0) is 45.4 Å². The molecule has 10 heteroatoms. The number of hydrogen-bond acceptors (Lipinski definition) is 8. The number of allylic oxidation sites excluding steroid dienone is 6. The van der Waals surface area contributed by atoms with Gasteiger partial charge in [-0.1, -0.05) is 62.6 Å². The minimum absolute atomic E-state index is 0.0914. The molecule has 0 saturated carbocycles. The number of nitrogens with zero attached hydrogens (tertiary/aromatic N) is 1. The zero-order chi connectivity index (χ0) is 29.7. The fraction of sp³-hybridized carbons (Fsp3) is 0.759. The third-order valence-electron chi connectivity index (χ3n) is 5.06. The summed E-state index contributed by atoms with van der Waals surface area (Å²) in [5.74, 6) is -0.117. The summed E-state index contributed by atoms with van der Waals surface area (Å²) in [6.45, 7) is 7.08.